The number of hydrogen-bond acceptors (Lipinski definition) is 5. The predicted molar refractivity (Wildman–Crippen MR) is 87.0 cm³/mol. The second-order valence-electron chi connectivity index (χ2n) is 5.41. The van der Waals surface area contributed by atoms with Crippen LogP contribution in [0, 0.1) is 10.1 Å². The summed E-state index contributed by atoms with van der Waals surface area (Å²) in [5.74, 6) is 0.0786. The Labute approximate surface area is 135 Å². The van der Waals surface area contributed by atoms with E-state index in [4.69, 9.17) is 4.74 Å². The van der Waals surface area contributed by atoms with E-state index in [1.807, 2.05) is 18.0 Å². The third kappa shape index (κ3) is 5.15. The highest BCUT2D eigenvalue weighted by Gasteiger charge is 2.17. The van der Waals surface area contributed by atoms with Crippen molar-refractivity contribution in [1.82, 2.24) is 9.80 Å². The average molecular weight is 319 g/mol. The van der Waals surface area contributed by atoms with Crippen LogP contribution < -0.4 is 0 Å². The average Bonchev–Trinajstić information content (AvgIpc) is 2.56. The predicted octanol–water partition coefficient (Wildman–Crippen LogP) is 1.40. The zero-order chi connectivity index (χ0) is 16.7. The number of rotatable bonds is 6. The summed E-state index contributed by atoms with van der Waals surface area (Å²) in [5.41, 5.74) is 0.640. The molecule has 0 unspecified atom stereocenters. The van der Waals surface area contributed by atoms with Gasteiger partial charge in [0.25, 0.3) is 5.69 Å². The molecular weight excluding hydrogens is 298 g/mol. The summed E-state index contributed by atoms with van der Waals surface area (Å²) in [6.07, 6.45) is 3.54. The normalized spacial score (nSPS) is 15.3. The molecule has 1 fully saturated rings. The number of ether oxygens (including phenoxy) is 1. The molecule has 0 atom stereocenters. The molecule has 2 rings (SSSR count). The number of likely N-dealkylation sites (N-methyl/N-ethyl adjacent to an activating group) is 1. The zero-order valence-corrected chi connectivity index (χ0v) is 13.2. The van der Waals surface area contributed by atoms with Crippen LogP contribution in [-0.4, -0.2) is 67.1 Å². The van der Waals surface area contributed by atoms with Crippen molar-refractivity contribution in [3.63, 3.8) is 0 Å². The number of benzene rings is 1. The lowest BCUT2D eigenvalue weighted by Crippen LogP contribution is -2.45. The number of amides is 1. The lowest BCUT2D eigenvalue weighted by molar-refractivity contribution is -0.385. The molecular formula is C16H21N3O4. The van der Waals surface area contributed by atoms with Gasteiger partial charge in [-0.1, -0.05) is 24.3 Å². The molecule has 1 amide bonds. The standard InChI is InChI=1S/C16H21N3O4/c1-17(13-16(20)18-9-11-23-12-10-18)8-4-6-14-5-2-3-7-15(14)19(21)22/h2-7H,8-13H2,1H3/b6-4+. The van der Waals surface area contributed by atoms with Gasteiger partial charge in [-0.3, -0.25) is 19.8 Å². The number of para-hydroxylation sites is 1. The lowest BCUT2D eigenvalue weighted by atomic mass is 10.1. The quantitative estimate of drug-likeness (QED) is 0.585. The molecule has 0 aliphatic carbocycles. The van der Waals surface area contributed by atoms with Gasteiger partial charge in [0.1, 0.15) is 0 Å². The largest absolute Gasteiger partial charge is 0.378 e. The molecule has 7 heteroatoms. The van der Waals surface area contributed by atoms with Gasteiger partial charge < -0.3 is 9.64 Å². The molecule has 1 aliphatic heterocycles. The van der Waals surface area contributed by atoms with Gasteiger partial charge >= 0.3 is 0 Å². The summed E-state index contributed by atoms with van der Waals surface area (Å²) in [6, 6.07) is 6.58. The molecule has 1 aromatic rings. The molecule has 0 radical (unpaired) electrons. The minimum atomic E-state index is -0.397. The topological polar surface area (TPSA) is 75.9 Å². The fraction of sp³-hybridized carbons (Fsp3) is 0.438. The van der Waals surface area contributed by atoms with E-state index in [-0.39, 0.29) is 11.6 Å². The molecule has 0 saturated carbocycles. The molecule has 1 aromatic carbocycles. The van der Waals surface area contributed by atoms with Crippen LogP contribution in [-0.2, 0) is 9.53 Å². The van der Waals surface area contributed by atoms with Crippen LogP contribution in [0.4, 0.5) is 5.69 Å². The van der Waals surface area contributed by atoms with E-state index in [0.29, 0.717) is 45.0 Å². The van der Waals surface area contributed by atoms with Crippen molar-refractivity contribution >= 4 is 17.7 Å². The van der Waals surface area contributed by atoms with Crippen LogP contribution >= 0.6 is 0 Å². The Bertz CT molecular complexity index is 582. The van der Waals surface area contributed by atoms with Crippen molar-refractivity contribution in [2.24, 2.45) is 0 Å². The highest BCUT2D eigenvalue weighted by Crippen LogP contribution is 2.18. The first-order chi connectivity index (χ1) is 11.1. The van der Waals surface area contributed by atoms with E-state index in [1.165, 1.54) is 6.07 Å². The molecule has 7 nitrogen and oxygen atoms in total. The van der Waals surface area contributed by atoms with Gasteiger partial charge in [-0.2, -0.15) is 0 Å². The Balaban J connectivity index is 1.85. The summed E-state index contributed by atoms with van der Waals surface area (Å²) in [5, 5.41) is 10.9. The van der Waals surface area contributed by atoms with E-state index < -0.39 is 4.92 Å². The third-order valence-corrected chi connectivity index (χ3v) is 3.62. The van der Waals surface area contributed by atoms with Gasteiger partial charge in [0.15, 0.2) is 0 Å². The van der Waals surface area contributed by atoms with Crippen molar-refractivity contribution in [2.75, 3.05) is 46.4 Å². The summed E-state index contributed by atoms with van der Waals surface area (Å²) in [4.78, 5) is 26.3. The van der Waals surface area contributed by atoms with Crippen LogP contribution in [0.15, 0.2) is 30.3 Å². The van der Waals surface area contributed by atoms with Gasteiger partial charge in [-0.25, -0.2) is 0 Å². The van der Waals surface area contributed by atoms with Crippen molar-refractivity contribution < 1.29 is 14.5 Å². The number of carbonyl (C=O) groups excluding carboxylic acids is 1. The minimum absolute atomic E-state index is 0.0786. The molecule has 1 saturated heterocycles. The summed E-state index contributed by atoms with van der Waals surface area (Å²) < 4.78 is 5.23. The maximum absolute atomic E-state index is 12.1. The molecule has 0 bridgehead atoms. The van der Waals surface area contributed by atoms with Gasteiger partial charge in [0, 0.05) is 25.7 Å². The Hall–Kier alpha value is -2.25. The Morgan fingerprint density at radius 1 is 1.39 bits per heavy atom. The van der Waals surface area contributed by atoms with Gasteiger partial charge in [-0.15, -0.1) is 0 Å². The number of nitro benzene ring substituents is 1. The van der Waals surface area contributed by atoms with Crippen LogP contribution in [0.25, 0.3) is 6.08 Å². The second-order valence-corrected chi connectivity index (χ2v) is 5.41. The maximum atomic E-state index is 12.1. The van der Waals surface area contributed by atoms with Crippen LogP contribution in [0.5, 0.6) is 0 Å². The fourth-order valence-electron chi connectivity index (χ4n) is 2.36. The Morgan fingerprint density at radius 3 is 2.78 bits per heavy atom. The van der Waals surface area contributed by atoms with Crippen molar-refractivity contribution in [1.29, 1.82) is 0 Å². The van der Waals surface area contributed by atoms with E-state index in [0.717, 1.165) is 0 Å². The van der Waals surface area contributed by atoms with Gasteiger partial charge in [0.2, 0.25) is 5.91 Å². The fourth-order valence-corrected chi connectivity index (χ4v) is 2.36. The van der Waals surface area contributed by atoms with E-state index in [9.17, 15) is 14.9 Å². The van der Waals surface area contributed by atoms with Crippen molar-refractivity contribution in [3.8, 4) is 0 Å². The van der Waals surface area contributed by atoms with Crippen LogP contribution in [0.3, 0.4) is 0 Å². The summed E-state index contributed by atoms with van der Waals surface area (Å²) in [7, 11) is 1.85. The van der Waals surface area contributed by atoms with Crippen LogP contribution in [0.1, 0.15) is 5.56 Å². The number of nitrogens with zero attached hydrogens (tertiary/aromatic N) is 3. The van der Waals surface area contributed by atoms with Crippen LogP contribution in [0.2, 0.25) is 0 Å². The molecule has 1 heterocycles. The smallest absolute Gasteiger partial charge is 0.276 e. The van der Waals surface area contributed by atoms with Gasteiger partial charge in [-0.05, 0) is 13.1 Å². The molecule has 0 aromatic heterocycles. The second kappa shape index (κ2) is 8.40. The number of nitro groups is 1. The first-order valence-corrected chi connectivity index (χ1v) is 7.52. The minimum Gasteiger partial charge on any atom is -0.378 e. The summed E-state index contributed by atoms with van der Waals surface area (Å²) >= 11 is 0. The first kappa shape index (κ1) is 17.1. The number of morpholine rings is 1. The number of hydrogen-bond donors (Lipinski definition) is 0. The number of carbonyl (C=O) groups is 1. The lowest BCUT2D eigenvalue weighted by Gasteiger charge is -2.28. The molecule has 0 N–H and O–H groups in total. The van der Waals surface area contributed by atoms with E-state index in [2.05, 4.69) is 0 Å². The first-order valence-electron chi connectivity index (χ1n) is 7.52. The Kier molecular flexibility index (Phi) is 6.25. The maximum Gasteiger partial charge on any atom is 0.276 e. The zero-order valence-electron chi connectivity index (χ0n) is 13.2. The SMILES string of the molecule is CN(C/C=C/c1ccccc1[N+](=O)[O-])CC(=O)N1CCOCC1. The highest BCUT2D eigenvalue weighted by atomic mass is 16.6. The highest BCUT2D eigenvalue weighted by molar-refractivity contribution is 5.78. The van der Waals surface area contributed by atoms with Crippen molar-refractivity contribution in [2.45, 2.75) is 0 Å². The third-order valence-electron chi connectivity index (χ3n) is 3.62. The monoisotopic (exact) mass is 319 g/mol. The van der Waals surface area contributed by atoms with E-state index in [1.54, 1.807) is 29.2 Å². The summed E-state index contributed by atoms with van der Waals surface area (Å²) in [6.45, 7) is 3.32. The molecule has 0 spiro atoms. The Morgan fingerprint density at radius 2 is 2.09 bits per heavy atom. The molecule has 124 valence electrons. The van der Waals surface area contributed by atoms with Gasteiger partial charge in [0.05, 0.1) is 30.2 Å². The van der Waals surface area contributed by atoms with E-state index >= 15 is 0 Å². The molecule has 1 aliphatic rings. The van der Waals surface area contributed by atoms with Crippen molar-refractivity contribution in [3.05, 3.63) is 46.0 Å². The molecule has 23 heavy (non-hydrogen) atoms.